The molecule has 86 valence electrons. The summed E-state index contributed by atoms with van der Waals surface area (Å²) in [5, 5.41) is 10.9. The van der Waals surface area contributed by atoms with Gasteiger partial charge in [0.15, 0.2) is 0 Å². The first-order chi connectivity index (χ1) is 7.55. The number of hydrogen-bond donors (Lipinski definition) is 1. The SMILES string of the molecule is COC(=O)C1CC(O)(c2ccc(Cl)cc2)C1. The summed E-state index contributed by atoms with van der Waals surface area (Å²) in [5.74, 6) is -0.440. The zero-order chi connectivity index (χ0) is 11.8. The molecule has 2 rings (SSSR count). The van der Waals surface area contributed by atoms with Crippen LogP contribution in [0.2, 0.25) is 5.02 Å². The summed E-state index contributed by atoms with van der Waals surface area (Å²) in [6.07, 6.45) is 0.836. The second-order valence-electron chi connectivity index (χ2n) is 4.17. The number of rotatable bonds is 2. The first kappa shape index (κ1) is 11.4. The van der Waals surface area contributed by atoms with Crippen molar-refractivity contribution in [3.05, 3.63) is 34.9 Å². The van der Waals surface area contributed by atoms with Crippen molar-refractivity contribution >= 4 is 17.6 Å². The lowest BCUT2D eigenvalue weighted by Gasteiger charge is -2.42. The van der Waals surface area contributed by atoms with E-state index in [4.69, 9.17) is 11.6 Å². The molecular weight excluding hydrogens is 228 g/mol. The van der Waals surface area contributed by atoms with Gasteiger partial charge in [0.25, 0.3) is 0 Å². The van der Waals surface area contributed by atoms with Crippen LogP contribution in [0, 0.1) is 5.92 Å². The zero-order valence-electron chi connectivity index (χ0n) is 8.94. The van der Waals surface area contributed by atoms with Gasteiger partial charge in [-0.15, -0.1) is 0 Å². The summed E-state index contributed by atoms with van der Waals surface area (Å²) in [6, 6.07) is 7.05. The minimum atomic E-state index is -0.899. The first-order valence-electron chi connectivity index (χ1n) is 5.11. The van der Waals surface area contributed by atoms with E-state index in [0.29, 0.717) is 17.9 Å². The molecule has 0 radical (unpaired) electrons. The van der Waals surface area contributed by atoms with Crippen molar-refractivity contribution in [1.82, 2.24) is 0 Å². The molecule has 0 heterocycles. The van der Waals surface area contributed by atoms with Gasteiger partial charge in [-0.2, -0.15) is 0 Å². The van der Waals surface area contributed by atoms with Crippen LogP contribution in [0.25, 0.3) is 0 Å². The molecule has 1 aromatic carbocycles. The maximum Gasteiger partial charge on any atom is 0.308 e. The lowest BCUT2D eigenvalue weighted by Crippen LogP contribution is -2.44. The lowest BCUT2D eigenvalue weighted by molar-refractivity contribution is -0.163. The standard InChI is InChI=1S/C12H13ClO3/c1-16-11(14)8-6-12(15,7-8)9-2-4-10(13)5-3-9/h2-5,8,15H,6-7H2,1H3. The molecule has 0 bridgehead atoms. The highest BCUT2D eigenvalue weighted by molar-refractivity contribution is 6.30. The normalized spacial score (nSPS) is 28.3. The first-order valence-corrected chi connectivity index (χ1v) is 5.49. The molecule has 1 N–H and O–H groups in total. The van der Waals surface area contributed by atoms with Crippen molar-refractivity contribution < 1.29 is 14.6 Å². The van der Waals surface area contributed by atoms with Crippen molar-refractivity contribution in [2.24, 2.45) is 5.92 Å². The molecule has 1 aliphatic rings. The largest absolute Gasteiger partial charge is 0.469 e. The molecule has 3 nitrogen and oxygen atoms in total. The summed E-state index contributed by atoms with van der Waals surface area (Å²) >= 11 is 5.77. The Kier molecular flexibility index (Phi) is 2.91. The highest BCUT2D eigenvalue weighted by Crippen LogP contribution is 2.46. The number of benzene rings is 1. The van der Waals surface area contributed by atoms with E-state index in [0.717, 1.165) is 5.56 Å². The van der Waals surface area contributed by atoms with Crippen molar-refractivity contribution in [2.75, 3.05) is 7.11 Å². The number of aliphatic hydroxyl groups is 1. The summed E-state index contributed by atoms with van der Waals surface area (Å²) in [4.78, 5) is 11.2. The Balaban J connectivity index is 2.07. The Bertz CT molecular complexity index is 393. The molecular formula is C12H13ClO3. The quantitative estimate of drug-likeness (QED) is 0.806. The molecule has 1 saturated carbocycles. The monoisotopic (exact) mass is 240 g/mol. The topological polar surface area (TPSA) is 46.5 Å². The highest BCUT2D eigenvalue weighted by atomic mass is 35.5. The Morgan fingerprint density at radius 2 is 2.00 bits per heavy atom. The van der Waals surface area contributed by atoms with E-state index in [2.05, 4.69) is 4.74 Å². The summed E-state index contributed by atoms with van der Waals surface area (Å²) < 4.78 is 4.63. The summed E-state index contributed by atoms with van der Waals surface area (Å²) in [7, 11) is 1.36. The van der Waals surface area contributed by atoms with Crippen molar-refractivity contribution in [3.63, 3.8) is 0 Å². The van der Waals surface area contributed by atoms with Crippen LogP contribution in [0.3, 0.4) is 0 Å². The van der Waals surface area contributed by atoms with E-state index in [9.17, 15) is 9.90 Å². The fraction of sp³-hybridized carbons (Fsp3) is 0.417. The molecule has 1 aliphatic carbocycles. The van der Waals surface area contributed by atoms with Gasteiger partial charge in [-0.05, 0) is 30.5 Å². The second-order valence-corrected chi connectivity index (χ2v) is 4.60. The molecule has 0 unspecified atom stereocenters. The predicted molar refractivity (Wildman–Crippen MR) is 60.1 cm³/mol. The number of ether oxygens (including phenoxy) is 1. The summed E-state index contributed by atoms with van der Waals surface area (Å²) in [6.45, 7) is 0. The minimum absolute atomic E-state index is 0.189. The Morgan fingerprint density at radius 1 is 1.44 bits per heavy atom. The lowest BCUT2D eigenvalue weighted by atomic mass is 9.67. The van der Waals surface area contributed by atoms with Crippen molar-refractivity contribution in [1.29, 1.82) is 0 Å². The van der Waals surface area contributed by atoms with Gasteiger partial charge in [-0.25, -0.2) is 0 Å². The number of esters is 1. The van der Waals surface area contributed by atoms with Crippen LogP contribution < -0.4 is 0 Å². The van der Waals surface area contributed by atoms with E-state index in [1.165, 1.54) is 7.11 Å². The van der Waals surface area contributed by atoms with Gasteiger partial charge in [0.05, 0.1) is 18.6 Å². The highest BCUT2D eigenvalue weighted by Gasteiger charge is 2.47. The fourth-order valence-electron chi connectivity index (χ4n) is 2.08. The number of halogens is 1. The maximum absolute atomic E-state index is 11.2. The van der Waals surface area contributed by atoms with Crippen LogP contribution in [-0.4, -0.2) is 18.2 Å². The molecule has 0 spiro atoms. The van der Waals surface area contributed by atoms with Gasteiger partial charge in [0, 0.05) is 5.02 Å². The Labute approximate surface area is 99.0 Å². The average Bonchev–Trinajstić information content (AvgIpc) is 2.25. The van der Waals surface area contributed by atoms with Crippen LogP contribution in [0.5, 0.6) is 0 Å². The van der Waals surface area contributed by atoms with Crippen molar-refractivity contribution in [2.45, 2.75) is 18.4 Å². The predicted octanol–water partition coefficient (Wildman–Crippen LogP) is 2.11. The molecule has 16 heavy (non-hydrogen) atoms. The van der Waals surface area contributed by atoms with Crippen LogP contribution in [0.15, 0.2) is 24.3 Å². The summed E-state index contributed by atoms with van der Waals surface area (Å²) in [5.41, 5.74) is -0.0965. The van der Waals surface area contributed by atoms with E-state index >= 15 is 0 Å². The fourth-order valence-corrected chi connectivity index (χ4v) is 2.21. The smallest absolute Gasteiger partial charge is 0.308 e. The van der Waals surface area contributed by atoms with Crippen LogP contribution in [0.4, 0.5) is 0 Å². The molecule has 0 amide bonds. The Hall–Kier alpha value is -1.06. The van der Waals surface area contributed by atoms with E-state index in [1.807, 2.05) is 0 Å². The van der Waals surface area contributed by atoms with Gasteiger partial charge in [-0.3, -0.25) is 4.79 Å². The Morgan fingerprint density at radius 3 is 2.50 bits per heavy atom. The van der Waals surface area contributed by atoms with Crippen molar-refractivity contribution in [3.8, 4) is 0 Å². The third kappa shape index (κ3) is 1.93. The molecule has 1 aromatic rings. The third-order valence-electron chi connectivity index (χ3n) is 3.08. The van der Waals surface area contributed by atoms with E-state index in [1.54, 1.807) is 24.3 Å². The molecule has 0 atom stereocenters. The van der Waals surface area contributed by atoms with Gasteiger partial charge < -0.3 is 9.84 Å². The van der Waals surface area contributed by atoms with Gasteiger partial charge in [0.1, 0.15) is 0 Å². The van der Waals surface area contributed by atoms with E-state index in [-0.39, 0.29) is 11.9 Å². The average molecular weight is 241 g/mol. The molecule has 0 aliphatic heterocycles. The number of carbonyl (C=O) groups excluding carboxylic acids is 1. The van der Waals surface area contributed by atoms with Gasteiger partial charge in [0.2, 0.25) is 0 Å². The molecule has 1 fully saturated rings. The number of carbonyl (C=O) groups is 1. The van der Waals surface area contributed by atoms with Crippen LogP contribution in [-0.2, 0) is 15.1 Å². The van der Waals surface area contributed by atoms with Gasteiger partial charge in [-0.1, -0.05) is 23.7 Å². The molecule has 0 aromatic heterocycles. The maximum atomic E-state index is 11.2. The van der Waals surface area contributed by atoms with Gasteiger partial charge >= 0.3 is 5.97 Å². The second kappa shape index (κ2) is 4.07. The van der Waals surface area contributed by atoms with Crippen LogP contribution >= 0.6 is 11.6 Å². The molecule has 0 saturated heterocycles. The number of hydrogen-bond acceptors (Lipinski definition) is 3. The minimum Gasteiger partial charge on any atom is -0.469 e. The zero-order valence-corrected chi connectivity index (χ0v) is 9.70. The third-order valence-corrected chi connectivity index (χ3v) is 3.34. The van der Waals surface area contributed by atoms with E-state index < -0.39 is 5.60 Å². The molecule has 4 heteroatoms. The number of methoxy groups -OCH3 is 1. The van der Waals surface area contributed by atoms with Crippen LogP contribution in [0.1, 0.15) is 18.4 Å².